The second kappa shape index (κ2) is 7.99. The number of hydrogen-bond donors (Lipinski definition) is 1. The van der Waals surface area contributed by atoms with Gasteiger partial charge in [0.2, 0.25) is 0 Å². The molecule has 0 unspecified atom stereocenters. The maximum absolute atomic E-state index is 12.9. The van der Waals surface area contributed by atoms with Gasteiger partial charge in [-0.3, -0.25) is 4.79 Å². The van der Waals surface area contributed by atoms with Crippen molar-refractivity contribution in [2.24, 2.45) is 0 Å². The molecule has 0 aliphatic rings. The molecule has 7 nitrogen and oxygen atoms in total. The fraction of sp³-hybridized carbons (Fsp3) is 0.111. The van der Waals surface area contributed by atoms with Crippen LogP contribution in [0, 0.1) is 5.82 Å². The quantitative estimate of drug-likeness (QED) is 0.473. The lowest BCUT2D eigenvalue weighted by Crippen LogP contribution is -2.11. The van der Waals surface area contributed by atoms with Crippen molar-refractivity contribution in [3.63, 3.8) is 0 Å². The average Bonchev–Trinajstić information content (AvgIpc) is 3.13. The van der Waals surface area contributed by atoms with Gasteiger partial charge in [-0.1, -0.05) is 23.4 Å². The molecule has 0 atom stereocenters. The standard InChI is InChI=1S/C18H12ClFN4O3S/c19-10-1-6-13-14(7-10)21-15(22-17(13)25)9-28-18-24-23-16(27-18)8-26-12-4-2-11(20)3-5-12/h1-7H,8-9H2,(H,21,22,25). The molecule has 0 aliphatic heterocycles. The Morgan fingerprint density at radius 2 is 2.00 bits per heavy atom. The van der Waals surface area contributed by atoms with Crippen molar-refractivity contribution in [2.45, 2.75) is 17.6 Å². The number of nitrogens with one attached hydrogen (secondary N) is 1. The van der Waals surface area contributed by atoms with E-state index in [0.29, 0.717) is 38.5 Å². The molecule has 0 aliphatic carbocycles. The van der Waals surface area contributed by atoms with Crippen LogP contribution in [0.5, 0.6) is 5.75 Å². The molecule has 28 heavy (non-hydrogen) atoms. The maximum atomic E-state index is 12.9. The number of hydrogen-bond acceptors (Lipinski definition) is 7. The van der Waals surface area contributed by atoms with E-state index in [2.05, 4.69) is 20.2 Å². The van der Waals surface area contributed by atoms with Crippen LogP contribution in [0.25, 0.3) is 10.9 Å². The van der Waals surface area contributed by atoms with Crippen LogP contribution >= 0.6 is 23.4 Å². The summed E-state index contributed by atoms with van der Waals surface area (Å²) in [4.78, 5) is 19.2. The molecular weight excluding hydrogens is 407 g/mol. The van der Waals surface area contributed by atoms with E-state index < -0.39 is 0 Å². The Balaban J connectivity index is 1.39. The molecule has 4 rings (SSSR count). The molecule has 1 N–H and O–H groups in total. The van der Waals surface area contributed by atoms with E-state index in [1.54, 1.807) is 18.2 Å². The van der Waals surface area contributed by atoms with E-state index in [-0.39, 0.29) is 23.9 Å². The summed E-state index contributed by atoms with van der Waals surface area (Å²) in [6, 6.07) is 10.5. The van der Waals surface area contributed by atoms with E-state index in [9.17, 15) is 9.18 Å². The van der Waals surface area contributed by atoms with E-state index >= 15 is 0 Å². The lowest BCUT2D eigenvalue weighted by molar-refractivity contribution is 0.252. The van der Waals surface area contributed by atoms with Crippen LogP contribution in [-0.2, 0) is 12.4 Å². The average molecular weight is 419 g/mol. The number of halogens is 2. The molecule has 4 aromatic rings. The Bertz CT molecular complexity index is 1180. The Morgan fingerprint density at radius 1 is 1.18 bits per heavy atom. The van der Waals surface area contributed by atoms with Crippen LogP contribution in [0.3, 0.4) is 0 Å². The lowest BCUT2D eigenvalue weighted by atomic mass is 10.2. The van der Waals surface area contributed by atoms with E-state index in [0.717, 1.165) is 0 Å². The normalized spacial score (nSPS) is 11.1. The minimum Gasteiger partial charge on any atom is -0.484 e. The molecule has 0 saturated carbocycles. The van der Waals surface area contributed by atoms with Gasteiger partial charge in [0.1, 0.15) is 17.4 Å². The number of rotatable bonds is 6. The fourth-order valence-corrected chi connectivity index (χ4v) is 3.21. The van der Waals surface area contributed by atoms with Gasteiger partial charge in [0, 0.05) is 5.02 Å². The number of nitrogens with zero attached hydrogens (tertiary/aromatic N) is 3. The second-order valence-corrected chi connectivity index (χ2v) is 7.03. The van der Waals surface area contributed by atoms with Gasteiger partial charge >= 0.3 is 0 Å². The first kappa shape index (κ1) is 18.5. The Kier molecular flexibility index (Phi) is 5.27. The van der Waals surface area contributed by atoms with Crippen molar-refractivity contribution < 1.29 is 13.5 Å². The maximum Gasteiger partial charge on any atom is 0.277 e. The van der Waals surface area contributed by atoms with Crippen LogP contribution in [0.2, 0.25) is 5.02 Å². The highest BCUT2D eigenvalue weighted by Gasteiger charge is 2.10. The van der Waals surface area contributed by atoms with Crippen molar-refractivity contribution in [1.29, 1.82) is 0 Å². The van der Waals surface area contributed by atoms with Gasteiger partial charge in [-0.15, -0.1) is 10.2 Å². The Morgan fingerprint density at radius 3 is 2.82 bits per heavy atom. The third-order valence-electron chi connectivity index (χ3n) is 3.67. The SMILES string of the molecule is O=c1[nH]c(CSc2nnc(COc3ccc(F)cc3)o2)nc2cc(Cl)ccc12. The third-order valence-corrected chi connectivity index (χ3v) is 4.74. The van der Waals surface area contributed by atoms with Gasteiger partial charge in [-0.05, 0) is 42.5 Å². The highest BCUT2D eigenvalue weighted by Crippen LogP contribution is 2.22. The van der Waals surface area contributed by atoms with Crippen molar-refractivity contribution in [1.82, 2.24) is 20.2 Å². The Labute approximate surface area is 166 Å². The summed E-state index contributed by atoms with van der Waals surface area (Å²) in [7, 11) is 0. The summed E-state index contributed by atoms with van der Waals surface area (Å²) in [6.45, 7) is 0.0583. The van der Waals surface area contributed by atoms with Gasteiger partial charge in [0.05, 0.1) is 16.7 Å². The number of aromatic nitrogens is 4. The molecule has 10 heteroatoms. The monoisotopic (exact) mass is 418 g/mol. The van der Waals surface area contributed by atoms with Crippen molar-refractivity contribution >= 4 is 34.3 Å². The largest absolute Gasteiger partial charge is 0.484 e. The fourth-order valence-electron chi connectivity index (χ4n) is 2.39. The van der Waals surface area contributed by atoms with Gasteiger partial charge in [0.25, 0.3) is 16.7 Å². The van der Waals surface area contributed by atoms with Crippen LogP contribution in [0.15, 0.2) is 56.9 Å². The molecule has 2 heterocycles. The summed E-state index contributed by atoms with van der Waals surface area (Å²) in [5.74, 6) is 1.22. The van der Waals surface area contributed by atoms with Crippen molar-refractivity contribution in [3.05, 3.63) is 75.4 Å². The van der Waals surface area contributed by atoms with Gasteiger partial charge in [0.15, 0.2) is 6.61 Å². The van der Waals surface area contributed by atoms with Gasteiger partial charge in [-0.2, -0.15) is 0 Å². The van der Waals surface area contributed by atoms with E-state index in [4.69, 9.17) is 20.8 Å². The van der Waals surface area contributed by atoms with Crippen LogP contribution in [0.1, 0.15) is 11.7 Å². The first-order valence-corrected chi connectivity index (χ1v) is 9.45. The van der Waals surface area contributed by atoms with Crippen molar-refractivity contribution in [3.8, 4) is 5.75 Å². The zero-order valence-electron chi connectivity index (χ0n) is 14.2. The number of H-pyrrole nitrogens is 1. The summed E-state index contributed by atoms with van der Waals surface area (Å²) in [5.41, 5.74) is 0.280. The number of aromatic amines is 1. The summed E-state index contributed by atoms with van der Waals surface area (Å²) in [5, 5.41) is 9.10. The Hall–Kier alpha value is -2.91. The zero-order valence-corrected chi connectivity index (χ0v) is 15.8. The zero-order chi connectivity index (χ0) is 19.5. The lowest BCUT2D eigenvalue weighted by Gasteiger charge is -2.02. The van der Waals surface area contributed by atoms with Crippen LogP contribution < -0.4 is 10.3 Å². The molecule has 2 aromatic heterocycles. The van der Waals surface area contributed by atoms with Gasteiger partial charge < -0.3 is 14.1 Å². The molecule has 0 fully saturated rings. The minimum absolute atomic E-state index is 0.0583. The molecule has 0 saturated heterocycles. The highest BCUT2D eigenvalue weighted by atomic mass is 35.5. The van der Waals surface area contributed by atoms with E-state index in [1.165, 1.54) is 36.0 Å². The smallest absolute Gasteiger partial charge is 0.277 e. The molecule has 142 valence electrons. The number of fused-ring (bicyclic) bond motifs is 1. The summed E-state index contributed by atoms with van der Waals surface area (Å²) in [6.07, 6.45) is 0. The molecule has 0 amide bonds. The predicted octanol–water partition coefficient (Wildman–Crippen LogP) is 3.97. The van der Waals surface area contributed by atoms with Crippen molar-refractivity contribution in [2.75, 3.05) is 0 Å². The first-order valence-electron chi connectivity index (χ1n) is 8.09. The summed E-state index contributed by atoms with van der Waals surface area (Å²) < 4.78 is 23.8. The topological polar surface area (TPSA) is 93.9 Å². The molecular formula is C18H12ClFN4O3S. The summed E-state index contributed by atoms with van der Waals surface area (Å²) >= 11 is 7.19. The molecule has 0 spiro atoms. The predicted molar refractivity (Wildman–Crippen MR) is 102 cm³/mol. The van der Waals surface area contributed by atoms with Crippen LogP contribution in [-0.4, -0.2) is 20.2 Å². The number of thioether (sulfide) groups is 1. The molecule has 0 bridgehead atoms. The molecule has 2 aromatic carbocycles. The number of benzene rings is 2. The second-order valence-electron chi connectivity index (χ2n) is 5.67. The molecule has 0 radical (unpaired) electrons. The number of ether oxygens (including phenoxy) is 1. The minimum atomic E-state index is -0.341. The highest BCUT2D eigenvalue weighted by molar-refractivity contribution is 7.98. The van der Waals surface area contributed by atoms with Crippen LogP contribution in [0.4, 0.5) is 4.39 Å². The van der Waals surface area contributed by atoms with Gasteiger partial charge in [-0.25, -0.2) is 9.37 Å². The first-order chi connectivity index (χ1) is 13.6. The third kappa shape index (κ3) is 4.32. The van der Waals surface area contributed by atoms with E-state index in [1.807, 2.05) is 0 Å².